The van der Waals surface area contributed by atoms with Crippen molar-refractivity contribution in [2.45, 2.75) is 44.4 Å². The molecular formula is C21H21ClN2O4. The van der Waals surface area contributed by atoms with Crippen LogP contribution in [-0.2, 0) is 4.79 Å². The summed E-state index contributed by atoms with van der Waals surface area (Å²) in [6.45, 7) is 1.63. The Kier molecular flexibility index (Phi) is 4.89. The second-order valence-electron chi connectivity index (χ2n) is 7.17. The monoisotopic (exact) mass is 400 g/mol. The van der Waals surface area contributed by atoms with Gasteiger partial charge in [-0.25, -0.2) is 0 Å². The van der Waals surface area contributed by atoms with E-state index in [-0.39, 0.29) is 11.8 Å². The smallest absolute Gasteiger partial charge is 0.251 e. The van der Waals surface area contributed by atoms with Crippen LogP contribution in [0.15, 0.2) is 42.5 Å². The molecular weight excluding hydrogens is 380 g/mol. The molecule has 146 valence electrons. The van der Waals surface area contributed by atoms with Gasteiger partial charge >= 0.3 is 0 Å². The fourth-order valence-electron chi connectivity index (χ4n) is 3.49. The quantitative estimate of drug-likeness (QED) is 0.808. The summed E-state index contributed by atoms with van der Waals surface area (Å²) in [6.07, 6.45) is 3.92. The number of rotatable bonds is 4. The number of fused-ring (bicyclic) bond motifs is 1. The number of nitrogens with one attached hydrogen (secondary N) is 2. The second kappa shape index (κ2) is 7.36. The number of carbonyl (C=O) groups is 2. The van der Waals surface area contributed by atoms with E-state index in [1.165, 1.54) is 0 Å². The van der Waals surface area contributed by atoms with Crippen molar-refractivity contribution < 1.29 is 19.1 Å². The molecule has 1 aliphatic heterocycles. The first-order valence-corrected chi connectivity index (χ1v) is 9.71. The molecule has 0 aromatic heterocycles. The van der Waals surface area contributed by atoms with Gasteiger partial charge in [-0.3, -0.25) is 9.59 Å². The molecule has 2 aromatic rings. The number of halogens is 1. The van der Waals surface area contributed by atoms with Crippen LogP contribution >= 0.6 is 11.6 Å². The van der Waals surface area contributed by atoms with Crippen LogP contribution < -0.4 is 20.1 Å². The van der Waals surface area contributed by atoms with Crippen LogP contribution in [0, 0.1) is 0 Å². The van der Waals surface area contributed by atoms with E-state index in [0.717, 1.165) is 25.7 Å². The number of carbonyl (C=O) groups excluding carboxylic acids is 2. The van der Waals surface area contributed by atoms with Crippen LogP contribution in [0.1, 0.15) is 43.0 Å². The SMILES string of the molecule is CC(NC(=O)c1ccc(Cl)cc1)C(=O)Nc1ccc2c(c1)OC1(CCCC1)O2. The van der Waals surface area contributed by atoms with Crippen LogP contribution in [0.25, 0.3) is 0 Å². The van der Waals surface area contributed by atoms with Gasteiger partial charge in [0.15, 0.2) is 11.5 Å². The Morgan fingerprint density at radius 2 is 1.71 bits per heavy atom. The Morgan fingerprint density at radius 3 is 2.43 bits per heavy atom. The van der Waals surface area contributed by atoms with Crippen LogP contribution in [0.3, 0.4) is 0 Å². The minimum Gasteiger partial charge on any atom is -0.448 e. The van der Waals surface area contributed by atoms with E-state index in [1.54, 1.807) is 49.4 Å². The summed E-state index contributed by atoms with van der Waals surface area (Å²) in [4.78, 5) is 24.7. The van der Waals surface area contributed by atoms with Gasteiger partial charge in [0.1, 0.15) is 6.04 Å². The van der Waals surface area contributed by atoms with Gasteiger partial charge in [0.05, 0.1) is 0 Å². The van der Waals surface area contributed by atoms with E-state index in [1.807, 2.05) is 0 Å². The molecule has 1 fully saturated rings. The minimum atomic E-state index is -0.713. The zero-order valence-electron chi connectivity index (χ0n) is 15.5. The van der Waals surface area contributed by atoms with Gasteiger partial charge in [0.2, 0.25) is 5.91 Å². The fourth-order valence-corrected chi connectivity index (χ4v) is 3.61. The second-order valence-corrected chi connectivity index (χ2v) is 7.61. The van der Waals surface area contributed by atoms with Crippen molar-refractivity contribution in [3.63, 3.8) is 0 Å². The highest BCUT2D eigenvalue weighted by atomic mass is 35.5. The summed E-state index contributed by atoms with van der Waals surface area (Å²) in [5, 5.41) is 6.03. The highest BCUT2D eigenvalue weighted by Gasteiger charge is 2.44. The maximum Gasteiger partial charge on any atom is 0.251 e. The molecule has 1 saturated carbocycles. The predicted molar refractivity (Wildman–Crippen MR) is 106 cm³/mol. The van der Waals surface area contributed by atoms with Gasteiger partial charge in [-0.1, -0.05) is 11.6 Å². The molecule has 1 aliphatic carbocycles. The van der Waals surface area contributed by atoms with Crippen molar-refractivity contribution in [2.24, 2.45) is 0 Å². The third-order valence-corrected chi connectivity index (χ3v) is 5.27. The molecule has 6 nitrogen and oxygen atoms in total. The fraction of sp³-hybridized carbons (Fsp3) is 0.333. The zero-order valence-corrected chi connectivity index (χ0v) is 16.2. The first kappa shape index (κ1) is 18.6. The van der Waals surface area contributed by atoms with E-state index < -0.39 is 11.8 Å². The molecule has 4 rings (SSSR count). The summed E-state index contributed by atoms with van der Waals surface area (Å²) < 4.78 is 12.0. The largest absolute Gasteiger partial charge is 0.448 e. The molecule has 1 atom stereocenters. The zero-order chi connectivity index (χ0) is 19.7. The van der Waals surface area contributed by atoms with Crippen molar-refractivity contribution in [1.29, 1.82) is 0 Å². The molecule has 0 bridgehead atoms. The molecule has 0 saturated heterocycles. The number of ether oxygens (including phenoxy) is 2. The molecule has 7 heteroatoms. The average molecular weight is 401 g/mol. The van der Waals surface area contributed by atoms with Crippen molar-refractivity contribution in [2.75, 3.05) is 5.32 Å². The third kappa shape index (κ3) is 3.78. The van der Waals surface area contributed by atoms with Crippen molar-refractivity contribution in [3.8, 4) is 11.5 Å². The van der Waals surface area contributed by atoms with Gasteiger partial charge in [-0.2, -0.15) is 0 Å². The number of hydrogen-bond donors (Lipinski definition) is 2. The van der Waals surface area contributed by atoms with Gasteiger partial charge < -0.3 is 20.1 Å². The van der Waals surface area contributed by atoms with Gasteiger partial charge in [-0.05, 0) is 56.2 Å². The molecule has 1 heterocycles. The van der Waals surface area contributed by atoms with Crippen LogP contribution in [0.4, 0.5) is 5.69 Å². The topological polar surface area (TPSA) is 76.7 Å². The Labute approximate surface area is 168 Å². The van der Waals surface area contributed by atoms with E-state index in [2.05, 4.69) is 10.6 Å². The first-order chi connectivity index (χ1) is 13.4. The molecule has 2 amide bonds. The lowest BCUT2D eigenvalue weighted by Gasteiger charge is -2.21. The van der Waals surface area contributed by atoms with E-state index in [9.17, 15) is 9.59 Å². The van der Waals surface area contributed by atoms with Crippen molar-refractivity contribution >= 4 is 29.1 Å². The first-order valence-electron chi connectivity index (χ1n) is 9.33. The number of benzene rings is 2. The molecule has 28 heavy (non-hydrogen) atoms. The lowest BCUT2D eigenvalue weighted by molar-refractivity contribution is -0.117. The van der Waals surface area contributed by atoms with Crippen LogP contribution in [-0.4, -0.2) is 23.6 Å². The summed E-state index contributed by atoms with van der Waals surface area (Å²) in [5.74, 6) is 0.136. The lowest BCUT2D eigenvalue weighted by atomic mass is 10.2. The Bertz CT molecular complexity index is 907. The highest BCUT2D eigenvalue weighted by Crippen LogP contribution is 2.47. The normalized spacial score (nSPS) is 17.4. The Balaban J connectivity index is 1.37. The minimum absolute atomic E-state index is 0.322. The standard InChI is InChI=1S/C21H21ClN2O4/c1-13(23-20(26)14-4-6-15(22)7-5-14)19(25)24-16-8-9-17-18(12-16)28-21(27-17)10-2-3-11-21/h4-9,12-13H,2-3,10-11H2,1H3,(H,23,26)(H,24,25). The number of hydrogen-bond acceptors (Lipinski definition) is 4. The third-order valence-electron chi connectivity index (χ3n) is 5.02. The number of amides is 2. The average Bonchev–Trinajstić information content (AvgIpc) is 3.27. The summed E-state index contributed by atoms with van der Waals surface area (Å²) in [6, 6.07) is 11.1. The molecule has 0 radical (unpaired) electrons. The molecule has 1 unspecified atom stereocenters. The maximum atomic E-state index is 12.5. The lowest BCUT2D eigenvalue weighted by Crippen LogP contribution is -2.41. The maximum absolute atomic E-state index is 12.5. The molecule has 2 N–H and O–H groups in total. The van der Waals surface area contributed by atoms with Crippen LogP contribution in [0.5, 0.6) is 11.5 Å². The van der Waals surface area contributed by atoms with Gasteiger partial charge in [-0.15, -0.1) is 0 Å². The van der Waals surface area contributed by atoms with Crippen molar-refractivity contribution in [1.82, 2.24) is 5.32 Å². The van der Waals surface area contributed by atoms with Gasteiger partial charge in [0.25, 0.3) is 11.7 Å². The van der Waals surface area contributed by atoms with Gasteiger partial charge in [0, 0.05) is 35.2 Å². The summed E-state index contributed by atoms with van der Waals surface area (Å²) >= 11 is 5.83. The molecule has 2 aromatic carbocycles. The molecule has 2 aliphatic rings. The van der Waals surface area contributed by atoms with E-state index in [4.69, 9.17) is 21.1 Å². The molecule has 1 spiro atoms. The van der Waals surface area contributed by atoms with Crippen molar-refractivity contribution in [3.05, 3.63) is 53.1 Å². The van der Waals surface area contributed by atoms with E-state index in [0.29, 0.717) is 27.8 Å². The summed E-state index contributed by atoms with van der Waals surface area (Å²) in [5.41, 5.74) is 1.03. The Morgan fingerprint density at radius 1 is 1.04 bits per heavy atom. The van der Waals surface area contributed by atoms with E-state index >= 15 is 0 Å². The summed E-state index contributed by atoms with van der Waals surface area (Å²) in [7, 11) is 0. The number of anilines is 1. The predicted octanol–water partition coefficient (Wildman–Crippen LogP) is 4.14. The Hall–Kier alpha value is -2.73. The highest BCUT2D eigenvalue weighted by molar-refractivity contribution is 6.30. The van der Waals surface area contributed by atoms with Crippen LogP contribution in [0.2, 0.25) is 5.02 Å².